The second-order valence-electron chi connectivity index (χ2n) is 9.58. The normalized spacial score (nSPS) is 36.9. The number of hydrogen-bond acceptors (Lipinski definition) is 4. The predicted octanol–water partition coefficient (Wildman–Crippen LogP) is 3.96. The first kappa shape index (κ1) is 20.0. The van der Waals surface area contributed by atoms with Crippen LogP contribution >= 0.6 is 12.4 Å². The molecule has 1 aromatic carbocycles. The topological polar surface area (TPSA) is 49.8 Å². The predicted molar refractivity (Wildman–Crippen MR) is 111 cm³/mol. The average Bonchev–Trinajstić information content (AvgIpc) is 3.46. The molecule has 1 heterocycles. The van der Waals surface area contributed by atoms with Crippen molar-refractivity contribution in [3.63, 3.8) is 0 Å². The van der Waals surface area contributed by atoms with Crippen LogP contribution in [0.5, 0.6) is 11.5 Å². The van der Waals surface area contributed by atoms with Gasteiger partial charge in [-0.05, 0) is 61.6 Å². The van der Waals surface area contributed by atoms with Gasteiger partial charge in [-0.25, -0.2) is 0 Å². The molecule has 5 atom stereocenters. The number of phenols is 1. The Bertz CT molecular complexity index is 792. The number of hydrogen-bond donors (Lipinski definition) is 1. The first-order valence-corrected chi connectivity index (χ1v) is 10.6. The minimum absolute atomic E-state index is 0. The van der Waals surface area contributed by atoms with Gasteiger partial charge in [0.15, 0.2) is 11.5 Å². The summed E-state index contributed by atoms with van der Waals surface area (Å²) < 4.78 is 5.44. The highest BCUT2D eigenvalue weighted by molar-refractivity contribution is 5.85. The maximum atomic E-state index is 13.0. The molecule has 1 aromatic rings. The van der Waals surface area contributed by atoms with E-state index in [9.17, 15) is 9.90 Å². The molecule has 0 spiro atoms. The van der Waals surface area contributed by atoms with Crippen molar-refractivity contribution in [2.75, 3.05) is 20.2 Å². The zero-order chi connectivity index (χ0) is 18.9. The maximum absolute atomic E-state index is 13.0. The van der Waals surface area contributed by atoms with Crippen molar-refractivity contribution in [3.05, 3.63) is 23.3 Å². The van der Waals surface area contributed by atoms with E-state index in [2.05, 4.69) is 24.8 Å². The van der Waals surface area contributed by atoms with Crippen LogP contribution in [0, 0.1) is 23.7 Å². The van der Waals surface area contributed by atoms with E-state index in [1.165, 1.54) is 24.9 Å². The molecule has 154 valence electrons. The van der Waals surface area contributed by atoms with Crippen LogP contribution in [0.3, 0.4) is 0 Å². The molecule has 0 aromatic heterocycles. The zero-order valence-corrected chi connectivity index (χ0v) is 17.9. The van der Waals surface area contributed by atoms with Gasteiger partial charge in [-0.2, -0.15) is 0 Å². The van der Waals surface area contributed by atoms with Crippen LogP contribution in [-0.4, -0.2) is 42.0 Å². The van der Waals surface area contributed by atoms with Gasteiger partial charge in [0.2, 0.25) is 0 Å². The number of carbonyl (C=O) groups is 1. The van der Waals surface area contributed by atoms with Crippen LogP contribution in [0.25, 0.3) is 0 Å². The molecule has 28 heavy (non-hydrogen) atoms. The molecule has 3 unspecified atom stereocenters. The van der Waals surface area contributed by atoms with Crippen molar-refractivity contribution in [3.8, 4) is 11.5 Å². The van der Waals surface area contributed by atoms with Gasteiger partial charge in [-0.3, -0.25) is 9.69 Å². The number of aromatic hydroxyl groups is 1. The standard InChI is InChI=1S/C23H31NO3.ClH/c1-13-14(2)20-17-10-16-6-7-19(27-3)22(26)21(16)23(20,11-18(13)25)8-9-24(17)12-15-4-5-15;/h6-7,13-15,17,20,26H,4-5,8-12H2,1-3H3;1H/t13-,14-,17?,20?,23?;/m0./s1. The fourth-order valence-electron chi connectivity index (χ4n) is 6.63. The smallest absolute Gasteiger partial charge is 0.161 e. The van der Waals surface area contributed by atoms with Crippen LogP contribution in [0.4, 0.5) is 0 Å². The lowest BCUT2D eigenvalue weighted by Crippen LogP contribution is -2.65. The SMILES string of the molecule is COc1ccc2c(c1O)C13CCN(CC4CC4)C(C2)C1[C@@H](C)[C@H](C)C(=O)C3.Cl. The summed E-state index contributed by atoms with van der Waals surface area (Å²) in [7, 11) is 1.61. The molecule has 0 radical (unpaired) electrons. The third-order valence-electron chi connectivity index (χ3n) is 8.28. The molecule has 2 bridgehead atoms. The van der Waals surface area contributed by atoms with E-state index in [4.69, 9.17) is 4.74 Å². The largest absolute Gasteiger partial charge is 0.504 e. The van der Waals surface area contributed by atoms with Crippen LogP contribution < -0.4 is 4.74 Å². The van der Waals surface area contributed by atoms with Crippen LogP contribution in [0.2, 0.25) is 0 Å². The Kier molecular flexibility index (Phi) is 4.95. The number of rotatable bonds is 3. The highest BCUT2D eigenvalue weighted by Crippen LogP contribution is 2.61. The third-order valence-corrected chi connectivity index (χ3v) is 8.28. The van der Waals surface area contributed by atoms with Gasteiger partial charge >= 0.3 is 0 Å². The Balaban J connectivity index is 0.00000192. The molecule has 4 nitrogen and oxygen atoms in total. The Morgan fingerprint density at radius 2 is 2.04 bits per heavy atom. The van der Waals surface area contributed by atoms with Gasteiger partial charge in [0.05, 0.1) is 7.11 Å². The van der Waals surface area contributed by atoms with E-state index in [-0.39, 0.29) is 29.5 Å². The summed E-state index contributed by atoms with van der Waals surface area (Å²) in [4.78, 5) is 15.7. The number of benzene rings is 1. The lowest BCUT2D eigenvalue weighted by Gasteiger charge is -2.61. The van der Waals surface area contributed by atoms with Crippen molar-refractivity contribution >= 4 is 18.2 Å². The fourth-order valence-corrected chi connectivity index (χ4v) is 6.63. The van der Waals surface area contributed by atoms with Gasteiger partial charge in [0.1, 0.15) is 5.78 Å². The summed E-state index contributed by atoms with van der Waals surface area (Å²) in [5.74, 6) is 2.95. The van der Waals surface area contributed by atoms with Crippen molar-refractivity contribution in [2.24, 2.45) is 23.7 Å². The van der Waals surface area contributed by atoms with E-state index >= 15 is 0 Å². The molecule has 5 heteroatoms. The molecule has 0 amide bonds. The minimum atomic E-state index is -0.222. The quantitative estimate of drug-likeness (QED) is 0.826. The summed E-state index contributed by atoms with van der Waals surface area (Å²) in [6, 6.07) is 4.51. The third kappa shape index (κ3) is 2.71. The van der Waals surface area contributed by atoms with Gasteiger partial charge in [-0.15, -0.1) is 12.4 Å². The Morgan fingerprint density at radius 1 is 1.29 bits per heavy atom. The number of phenolic OH excluding ortho intramolecular Hbond substituents is 1. The minimum Gasteiger partial charge on any atom is -0.504 e. The molecule has 5 rings (SSSR count). The fraction of sp³-hybridized carbons (Fsp3) is 0.696. The molecule has 2 saturated carbocycles. The second kappa shape index (κ2) is 6.91. The first-order valence-electron chi connectivity index (χ1n) is 10.6. The van der Waals surface area contributed by atoms with Gasteiger partial charge in [0, 0.05) is 35.9 Å². The summed E-state index contributed by atoms with van der Waals surface area (Å²) in [6.07, 6.45) is 5.27. The maximum Gasteiger partial charge on any atom is 0.161 e. The Hall–Kier alpha value is -1.26. The van der Waals surface area contributed by atoms with Crippen LogP contribution in [-0.2, 0) is 16.6 Å². The monoisotopic (exact) mass is 405 g/mol. The zero-order valence-electron chi connectivity index (χ0n) is 17.1. The highest BCUT2D eigenvalue weighted by Gasteiger charge is 2.60. The number of methoxy groups -OCH3 is 1. The Labute approximate surface area is 174 Å². The number of fused-ring (bicyclic) bond motifs is 1. The highest BCUT2D eigenvalue weighted by atomic mass is 35.5. The number of nitrogens with zero attached hydrogens (tertiary/aromatic N) is 1. The van der Waals surface area contributed by atoms with Gasteiger partial charge < -0.3 is 9.84 Å². The lowest BCUT2D eigenvalue weighted by atomic mass is 9.47. The van der Waals surface area contributed by atoms with Gasteiger partial charge in [-0.1, -0.05) is 19.9 Å². The molecule has 3 fully saturated rings. The molecule has 4 aliphatic rings. The number of carbonyl (C=O) groups excluding carboxylic acids is 1. The molecule has 1 aliphatic heterocycles. The van der Waals surface area contributed by atoms with Crippen LogP contribution in [0.15, 0.2) is 12.1 Å². The van der Waals surface area contributed by atoms with E-state index in [0.29, 0.717) is 35.8 Å². The molecule has 3 aliphatic carbocycles. The number of Topliss-reactive ketones (excluding diaryl/α,β-unsaturated/α-hetero) is 1. The summed E-state index contributed by atoms with van der Waals surface area (Å²) in [5, 5.41) is 11.1. The molecular weight excluding hydrogens is 374 g/mol. The number of ketones is 1. The van der Waals surface area contributed by atoms with E-state index < -0.39 is 0 Å². The van der Waals surface area contributed by atoms with Crippen molar-refractivity contribution in [1.82, 2.24) is 4.90 Å². The average molecular weight is 406 g/mol. The summed E-state index contributed by atoms with van der Waals surface area (Å²) in [5.41, 5.74) is 2.03. The molecule has 1 saturated heterocycles. The number of halogens is 1. The van der Waals surface area contributed by atoms with E-state index in [1.54, 1.807) is 7.11 Å². The van der Waals surface area contributed by atoms with Gasteiger partial charge in [0.25, 0.3) is 0 Å². The Morgan fingerprint density at radius 3 is 2.71 bits per heavy atom. The van der Waals surface area contributed by atoms with Crippen LogP contribution in [0.1, 0.15) is 50.7 Å². The summed E-state index contributed by atoms with van der Waals surface area (Å²) >= 11 is 0. The van der Waals surface area contributed by atoms with Crippen molar-refractivity contribution < 1.29 is 14.6 Å². The number of likely N-dealkylation sites (tertiary alicyclic amines) is 1. The number of ether oxygens (including phenoxy) is 1. The first-order chi connectivity index (χ1) is 13.0. The van der Waals surface area contributed by atoms with Crippen molar-refractivity contribution in [1.29, 1.82) is 0 Å². The van der Waals surface area contributed by atoms with Crippen molar-refractivity contribution in [2.45, 2.75) is 57.4 Å². The van der Waals surface area contributed by atoms with E-state index in [1.807, 2.05) is 6.07 Å². The summed E-state index contributed by atoms with van der Waals surface area (Å²) in [6.45, 7) is 6.64. The lowest BCUT2D eigenvalue weighted by molar-refractivity contribution is -0.138. The molecule has 1 N–H and O–H groups in total. The second-order valence-corrected chi connectivity index (χ2v) is 9.58. The number of piperidine rings is 1. The molecular formula is C23H32ClNO3. The van der Waals surface area contributed by atoms with E-state index in [0.717, 1.165) is 30.9 Å².